The summed E-state index contributed by atoms with van der Waals surface area (Å²) in [5.74, 6) is 0.921. The van der Waals surface area contributed by atoms with Gasteiger partial charge < -0.3 is 10.6 Å². The maximum atomic E-state index is 13.2. The molecule has 168 valence electrons. The molecule has 0 spiro atoms. The lowest BCUT2D eigenvalue weighted by Gasteiger charge is -2.12. The summed E-state index contributed by atoms with van der Waals surface area (Å²) in [4.78, 5) is 12.4. The van der Waals surface area contributed by atoms with E-state index in [9.17, 15) is 9.18 Å². The maximum absolute atomic E-state index is 13.2. The molecule has 9 heteroatoms. The first-order chi connectivity index (χ1) is 16.0. The molecular weight excluding hydrogens is 461 g/mol. The molecule has 0 unspecified atom stereocenters. The first-order valence-corrected chi connectivity index (χ1v) is 11.5. The van der Waals surface area contributed by atoms with Gasteiger partial charge >= 0.3 is 6.03 Å². The molecule has 0 aliphatic heterocycles. The number of hydrogen-bond acceptors (Lipinski definition) is 4. The third-order valence-electron chi connectivity index (χ3n) is 4.76. The van der Waals surface area contributed by atoms with Gasteiger partial charge in [-0.05, 0) is 55.0 Å². The van der Waals surface area contributed by atoms with Crippen LogP contribution in [0, 0.1) is 12.7 Å². The first kappa shape index (κ1) is 22.8. The Bertz CT molecular complexity index is 1240. The summed E-state index contributed by atoms with van der Waals surface area (Å²) in [6.07, 6.45) is 0. The summed E-state index contributed by atoms with van der Waals surface area (Å²) in [5, 5.41) is 15.4. The van der Waals surface area contributed by atoms with Crippen molar-refractivity contribution in [3.63, 3.8) is 0 Å². The van der Waals surface area contributed by atoms with E-state index in [2.05, 4.69) is 20.8 Å². The van der Waals surface area contributed by atoms with Crippen molar-refractivity contribution in [1.29, 1.82) is 0 Å². The number of nitrogens with one attached hydrogen (secondary N) is 2. The molecule has 2 amide bonds. The van der Waals surface area contributed by atoms with Crippen LogP contribution in [0.15, 0.2) is 78.0 Å². The number of carbonyl (C=O) groups is 1. The monoisotopic (exact) mass is 481 g/mol. The number of rotatable bonds is 7. The van der Waals surface area contributed by atoms with E-state index in [1.54, 1.807) is 36.4 Å². The molecule has 0 atom stereocenters. The van der Waals surface area contributed by atoms with E-state index in [-0.39, 0.29) is 18.4 Å². The van der Waals surface area contributed by atoms with E-state index in [0.717, 1.165) is 16.8 Å². The lowest BCUT2D eigenvalue weighted by molar-refractivity contribution is 0.251. The van der Waals surface area contributed by atoms with Gasteiger partial charge in [-0.25, -0.2) is 9.18 Å². The van der Waals surface area contributed by atoms with Crippen molar-refractivity contribution >= 4 is 35.1 Å². The Hall–Kier alpha value is -3.36. The minimum atomic E-state index is -0.378. The predicted molar refractivity (Wildman–Crippen MR) is 129 cm³/mol. The highest BCUT2D eigenvalue weighted by Crippen LogP contribution is 2.26. The fourth-order valence-electron chi connectivity index (χ4n) is 3.09. The molecule has 0 bridgehead atoms. The van der Waals surface area contributed by atoms with Crippen LogP contribution < -0.4 is 10.6 Å². The fraction of sp³-hybridized carbons (Fsp3) is 0.125. The Morgan fingerprint density at radius 1 is 1.06 bits per heavy atom. The zero-order valence-corrected chi connectivity index (χ0v) is 19.3. The number of nitrogens with zero attached hydrogens (tertiary/aromatic N) is 3. The summed E-state index contributed by atoms with van der Waals surface area (Å²) in [7, 11) is 0. The summed E-state index contributed by atoms with van der Waals surface area (Å²) in [5.41, 5.74) is 3.59. The Morgan fingerprint density at radius 3 is 2.55 bits per heavy atom. The minimum absolute atomic E-state index is 0.171. The van der Waals surface area contributed by atoms with Crippen molar-refractivity contribution in [2.24, 2.45) is 0 Å². The van der Waals surface area contributed by atoms with Gasteiger partial charge in [0.2, 0.25) is 0 Å². The lowest BCUT2D eigenvalue weighted by atomic mass is 10.2. The minimum Gasteiger partial charge on any atom is -0.331 e. The smallest absolute Gasteiger partial charge is 0.319 e. The van der Waals surface area contributed by atoms with E-state index in [1.807, 2.05) is 35.8 Å². The number of anilines is 1. The highest BCUT2D eigenvalue weighted by atomic mass is 35.5. The van der Waals surface area contributed by atoms with Gasteiger partial charge in [-0.3, -0.25) is 4.57 Å². The number of halogens is 2. The van der Waals surface area contributed by atoms with Crippen LogP contribution in [-0.2, 0) is 12.3 Å². The molecule has 2 N–H and O–H groups in total. The highest BCUT2D eigenvalue weighted by Gasteiger charge is 2.16. The van der Waals surface area contributed by atoms with Gasteiger partial charge in [-0.1, -0.05) is 59.3 Å². The number of thioether (sulfide) groups is 1. The Kier molecular flexibility index (Phi) is 7.26. The number of aryl methyl sites for hydroxylation is 1. The predicted octanol–water partition coefficient (Wildman–Crippen LogP) is 5.98. The van der Waals surface area contributed by atoms with Gasteiger partial charge in [-0.15, -0.1) is 10.2 Å². The van der Waals surface area contributed by atoms with Crippen LogP contribution in [0.4, 0.5) is 14.9 Å². The molecule has 0 aliphatic rings. The van der Waals surface area contributed by atoms with Crippen LogP contribution in [0.1, 0.15) is 17.0 Å². The van der Waals surface area contributed by atoms with Crippen LogP contribution in [0.2, 0.25) is 5.02 Å². The second kappa shape index (κ2) is 10.5. The SMILES string of the molecule is Cc1ccc(-n2c(CNC(=O)Nc3cccc(Cl)c3)nnc2SCc2ccc(F)cc2)cc1. The molecule has 1 heterocycles. The van der Waals surface area contributed by atoms with Gasteiger partial charge in [-0.2, -0.15) is 0 Å². The molecular formula is C24H21ClFN5OS. The van der Waals surface area contributed by atoms with Crippen LogP contribution in [0.3, 0.4) is 0 Å². The van der Waals surface area contributed by atoms with Crippen molar-refractivity contribution in [3.05, 3.63) is 101 Å². The first-order valence-electron chi connectivity index (χ1n) is 10.2. The number of benzene rings is 3. The standard InChI is InChI=1S/C24H21ClFN5OS/c1-16-5-11-21(12-6-16)31-22(14-27-23(32)28-20-4-2-3-18(25)13-20)29-30-24(31)33-15-17-7-9-19(26)10-8-17/h2-13H,14-15H2,1H3,(H2,27,28,32). The third kappa shape index (κ3) is 6.12. The largest absolute Gasteiger partial charge is 0.331 e. The summed E-state index contributed by atoms with van der Waals surface area (Å²) in [6.45, 7) is 2.19. The normalized spacial score (nSPS) is 10.8. The van der Waals surface area contributed by atoms with Crippen LogP contribution in [0.5, 0.6) is 0 Å². The van der Waals surface area contributed by atoms with Gasteiger partial charge in [0, 0.05) is 22.2 Å². The summed E-state index contributed by atoms with van der Waals surface area (Å²) >= 11 is 7.46. The molecule has 3 aromatic carbocycles. The molecule has 0 aliphatic carbocycles. The molecule has 0 fully saturated rings. The van der Waals surface area contributed by atoms with Crippen molar-refractivity contribution < 1.29 is 9.18 Å². The van der Waals surface area contributed by atoms with E-state index < -0.39 is 0 Å². The molecule has 0 saturated carbocycles. The Labute approximate surface area is 200 Å². The average Bonchev–Trinajstić information content (AvgIpc) is 3.21. The lowest BCUT2D eigenvalue weighted by Crippen LogP contribution is -2.29. The Morgan fingerprint density at radius 2 is 1.82 bits per heavy atom. The number of hydrogen-bond donors (Lipinski definition) is 2. The van der Waals surface area contributed by atoms with Crippen LogP contribution >= 0.6 is 23.4 Å². The van der Waals surface area contributed by atoms with Gasteiger partial charge in [0.1, 0.15) is 5.82 Å². The third-order valence-corrected chi connectivity index (χ3v) is 6.00. The van der Waals surface area contributed by atoms with E-state index in [4.69, 9.17) is 11.6 Å². The van der Waals surface area contributed by atoms with E-state index in [1.165, 1.54) is 23.9 Å². The van der Waals surface area contributed by atoms with Crippen molar-refractivity contribution in [1.82, 2.24) is 20.1 Å². The van der Waals surface area contributed by atoms with Gasteiger partial charge in [0.15, 0.2) is 11.0 Å². The van der Waals surface area contributed by atoms with E-state index in [0.29, 0.717) is 27.4 Å². The number of amides is 2. The van der Waals surface area contributed by atoms with Crippen molar-refractivity contribution in [2.45, 2.75) is 24.4 Å². The molecule has 4 aromatic rings. The topological polar surface area (TPSA) is 71.8 Å². The van der Waals surface area contributed by atoms with E-state index >= 15 is 0 Å². The highest BCUT2D eigenvalue weighted by molar-refractivity contribution is 7.98. The van der Waals surface area contributed by atoms with Crippen LogP contribution in [-0.4, -0.2) is 20.8 Å². The van der Waals surface area contributed by atoms with Crippen LogP contribution in [0.25, 0.3) is 5.69 Å². The summed E-state index contributed by atoms with van der Waals surface area (Å²) < 4.78 is 15.1. The maximum Gasteiger partial charge on any atom is 0.319 e. The molecule has 1 aromatic heterocycles. The van der Waals surface area contributed by atoms with Crippen molar-refractivity contribution in [2.75, 3.05) is 5.32 Å². The zero-order chi connectivity index (χ0) is 23.2. The molecule has 0 radical (unpaired) electrons. The quantitative estimate of drug-likeness (QED) is 0.318. The zero-order valence-electron chi connectivity index (χ0n) is 17.8. The van der Waals surface area contributed by atoms with Crippen molar-refractivity contribution in [3.8, 4) is 5.69 Å². The number of carbonyl (C=O) groups excluding carboxylic acids is 1. The number of urea groups is 1. The van der Waals surface area contributed by atoms with Gasteiger partial charge in [0.25, 0.3) is 0 Å². The average molecular weight is 482 g/mol. The molecule has 4 rings (SSSR count). The second-order valence-corrected chi connectivity index (χ2v) is 8.68. The Balaban J connectivity index is 1.51. The second-order valence-electron chi connectivity index (χ2n) is 7.30. The molecule has 6 nitrogen and oxygen atoms in total. The molecule has 33 heavy (non-hydrogen) atoms. The fourth-order valence-corrected chi connectivity index (χ4v) is 4.21. The molecule has 0 saturated heterocycles. The summed E-state index contributed by atoms with van der Waals surface area (Å²) in [6, 6.07) is 20.9. The van der Waals surface area contributed by atoms with Gasteiger partial charge in [0.05, 0.1) is 6.54 Å². The number of aromatic nitrogens is 3.